The zero-order chi connectivity index (χ0) is 16.5. The van der Waals surface area contributed by atoms with Crippen LogP contribution in [0.1, 0.15) is 5.56 Å². The van der Waals surface area contributed by atoms with E-state index in [1.165, 1.54) is 4.68 Å². The second-order valence-electron chi connectivity index (χ2n) is 4.91. The number of fused-ring (bicyclic) bond motifs is 1. The molecule has 7 nitrogen and oxygen atoms in total. The van der Waals surface area contributed by atoms with Gasteiger partial charge in [-0.25, -0.2) is 5.10 Å². The molecule has 3 heterocycles. The van der Waals surface area contributed by atoms with E-state index in [2.05, 4.69) is 15.3 Å². The van der Waals surface area contributed by atoms with Gasteiger partial charge in [0.15, 0.2) is 17.3 Å². The Bertz CT molecular complexity index is 962. The molecule has 0 aliphatic carbocycles. The van der Waals surface area contributed by atoms with Crippen LogP contribution in [0.25, 0.3) is 11.6 Å². The molecule has 1 N–H and O–H groups in total. The van der Waals surface area contributed by atoms with Crippen molar-refractivity contribution in [3.8, 4) is 23.1 Å². The predicted molar refractivity (Wildman–Crippen MR) is 90.5 cm³/mol. The molecular formula is C15H11ClN4O3S. The first kappa shape index (κ1) is 15.0. The van der Waals surface area contributed by atoms with Crippen LogP contribution in [0.3, 0.4) is 0 Å². The zero-order valence-electron chi connectivity index (χ0n) is 12.2. The van der Waals surface area contributed by atoms with Gasteiger partial charge in [-0.1, -0.05) is 11.6 Å². The third-order valence-corrected chi connectivity index (χ3v) is 3.88. The molecule has 4 rings (SSSR count). The van der Waals surface area contributed by atoms with E-state index >= 15 is 0 Å². The number of hydrogen-bond donors (Lipinski definition) is 1. The molecule has 0 unspecified atom stereocenters. The number of aromatic amines is 1. The van der Waals surface area contributed by atoms with E-state index in [1.54, 1.807) is 36.7 Å². The Labute approximate surface area is 146 Å². The fourth-order valence-electron chi connectivity index (χ4n) is 2.29. The molecule has 24 heavy (non-hydrogen) atoms. The quantitative estimate of drug-likeness (QED) is 0.570. The standard InChI is InChI=1S/C15H11ClN4O3S/c16-10-6-9(7-12-13(10)23-5-4-22-12)8-17-20-14(18-19-15(20)24)11-2-1-3-21-11/h1-3,6-8H,4-5H2,(H,19,24)/b17-8-. The van der Waals surface area contributed by atoms with Crippen LogP contribution >= 0.6 is 23.8 Å². The fraction of sp³-hybridized carbons (Fsp3) is 0.133. The summed E-state index contributed by atoms with van der Waals surface area (Å²) in [5, 5.41) is 11.6. The van der Waals surface area contributed by atoms with Crippen molar-refractivity contribution >= 4 is 30.0 Å². The minimum Gasteiger partial charge on any atom is -0.486 e. The number of nitrogens with zero attached hydrogens (tertiary/aromatic N) is 3. The fourth-order valence-corrected chi connectivity index (χ4v) is 2.75. The Morgan fingerprint density at radius 3 is 3.04 bits per heavy atom. The van der Waals surface area contributed by atoms with Crippen LogP contribution in [0.15, 0.2) is 40.0 Å². The molecule has 0 saturated heterocycles. The Hall–Kier alpha value is -2.58. The summed E-state index contributed by atoms with van der Waals surface area (Å²) in [4.78, 5) is 0. The van der Waals surface area contributed by atoms with Gasteiger partial charge in [0.25, 0.3) is 0 Å². The maximum absolute atomic E-state index is 6.22. The largest absolute Gasteiger partial charge is 0.486 e. The summed E-state index contributed by atoms with van der Waals surface area (Å²) in [6.45, 7) is 0.968. The van der Waals surface area contributed by atoms with Crippen LogP contribution in [-0.4, -0.2) is 34.3 Å². The molecule has 1 aliphatic heterocycles. The summed E-state index contributed by atoms with van der Waals surface area (Å²) in [6, 6.07) is 7.09. The molecule has 122 valence electrons. The van der Waals surface area contributed by atoms with Crippen molar-refractivity contribution in [3.63, 3.8) is 0 Å². The lowest BCUT2D eigenvalue weighted by molar-refractivity contribution is 0.171. The number of ether oxygens (including phenoxy) is 2. The van der Waals surface area contributed by atoms with Gasteiger partial charge >= 0.3 is 0 Å². The average molecular weight is 363 g/mol. The molecule has 0 fully saturated rings. The molecule has 1 aromatic carbocycles. The smallest absolute Gasteiger partial charge is 0.219 e. The summed E-state index contributed by atoms with van der Waals surface area (Å²) >= 11 is 11.4. The van der Waals surface area contributed by atoms with Gasteiger partial charge in [0, 0.05) is 0 Å². The summed E-state index contributed by atoms with van der Waals surface area (Å²) in [5.74, 6) is 2.18. The molecule has 0 radical (unpaired) electrons. The SMILES string of the molecule is S=c1[nH]nc(-c2ccco2)n1/N=C\c1cc(Cl)c2c(c1)OCCO2. The molecule has 2 aromatic heterocycles. The number of furan rings is 1. The number of nitrogens with one attached hydrogen (secondary N) is 1. The molecule has 9 heteroatoms. The second-order valence-corrected chi connectivity index (χ2v) is 5.71. The normalized spacial score (nSPS) is 13.5. The van der Waals surface area contributed by atoms with Crippen LogP contribution < -0.4 is 9.47 Å². The third kappa shape index (κ3) is 2.70. The summed E-state index contributed by atoms with van der Waals surface area (Å²) in [6.07, 6.45) is 3.17. The topological polar surface area (TPSA) is 77.6 Å². The molecular weight excluding hydrogens is 352 g/mol. The van der Waals surface area contributed by atoms with Gasteiger partial charge in [0.1, 0.15) is 13.2 Å². The highest BCUT2D eigenvalue weighted by atomic mass is 35.5. The number of H-pyrrole nitrogens is 1. The maximum atomic E-state index is 6.22. The van der Waals surface area contributed by atoms with Crippen molar-refractivity contribution in [1.29, 1.82) is 0 Å². The van der Waals surface area contributed by atoms with E-state index in [1.807, 2.05) is 0 Å². The van der Waals surface area contributed by atoms with Gasteiger partial charge in [-0.2, -0.15) is 9.78 Å². The minimum atomic E-state index is 0.348. The molecule has 0 saturated carbocycles. The monoisotopic (exact) mass is 362 g/mol. The van der Waals surface area contributed by atoms with Crippen molar-refractivity contribution in [2.24, 2.45) is 5.10 Å². The van der Waals surface area contributed by atoms with Crippen LogP contribution in [0, 0.1) is 4.77 Å². The average Bonchev–Trinajstić information content (AvgIpc) is 3.23. The van der Waals surface area contributed by atoms with E-state index in [-0.39, 0.29) is 0 Å². The lowest BCUT2D eigenvalue weighted by Crippen LogP contribution is -2.15. The molecule has 0 amide bonds. The number of halogens is 1. The zero-order valence-corrected chi connectivity index (χ0v) is 13.8. The lowest BCUT2D eigenvalue weighted by atomic mass is 10.2. The molecule has 0 bridgehead atoms. The predicted octanol–water partition coefficient (Wildman–Crippen LogP) is 3.51. The van der Waals surface area contributed by atoms with Crippen molar-refractivity contribution in [2.75, 3.05) is 13.2 Å². The van der Waals surface area contributed by atoms with Crippen LogP contribution in [0.4, 0.5) is 0 Å². The van der Waals surface area contributed by atoms with Gasteiger partial charge < -0.3 is 13.9 Å². The van der Waals surface area contributed by atoms with E-state index in [4.69, 9.17) is 37.7 Å². The third-order valence-electron chi connectivity index (χ3n) is 3.33. The summed E-state index contributed by atoms with van der Waals surface area (Å²) in [5.41, 5.74) is 0.748. The Kier molecular flexibility index (Phi) is 3.83. The highest BCUT2D eigenvalue weighted by Gasteiger charge is 2.16. The molecule has 1 aliphatic rings. The summed E-state index contributed by atoms with van der Waals surface area (Å²) in [7, 11) is 0. The number of rotatable bonds is 3. The van der Waals surface area contributed by atoms with Gasteiger partial charge in [0.2, 0.25) is 10.6 Å². The first-order valence-corrected chi connectivity index (χ1v) is 7.86. The van der Waals surface area contributed by atoms with Crippen molar-refractivity contribution in [1.82, 2.24) is 14.9 Å². The molecule has 3 aromatic rings. The first-order chi connectivity index (χ1) is 11.7. The van der Waals surface area contributed by atoms with Crippen molar-refractivity contribution in [2.45, 2.75) is 0 Å². The number of benzene rings is 1. The van der Waals surface area contributed by atoms with Gasteiger partial charge in [-0.15, -0.1) is 5.10 Å². The molecule has 0 atom stereocenters. The van der Waals surface area contributed by atoms with Gasteiger partial charge in [-0.05, 0) is 42.0 Å². The highest BCUT2D eigenvalue weighted by Crippen LogP contribution is 2.37. The maximum Gasteiger partial charge on any atom is 0.219 e. The lowest BCUT2D eigenvalue weighted by Gasteiger charge is -2.19. The summed E-state index contributed by atoms with van der Waals surface area (Å²) < 4.78 is 18.2. The number of hydrogen-bond acceptors (Lipinski definition) is 6. The molecule has 0 spiro atoms. The Balaban J connectivity index is 1.71. The van der Waals surface area contributed by atoms with Gasteiger partial charge in [-0.3, -0.25) is 0 Å². The van der Waals surface area contributed by atoms with Crippen LogP contribution in [0.2, 0.25) is 5.02 Å². The Morgan fingerprint density at radius 2 is 2.21 bits per heavy atom. The van der Waals surface area contributed by atoms with Gasteiger partial charge in [0.05, 0.1) is 17.5 Å². The van der Waals surface area contributed by atoms with Crippen molar-refractivity contribution < 1.29 is 13.9 Å². The second kappa shape index (κ2) is 6.14. The van der Waals surface area contributed by atoms with E-state index in [0.717, 1.165) is 5.56 Å². The highest BCUT2D eigenvalue weighted by molar-refractivity contribution is 7.71. The Morgan fingerprint density at radius 1 is 1.33 bits per heavy atom. The van der Waals surface area contributed by atoms with E-state index in [9.17, 15) is 0 Å². The number of aromatic nitrogens is 3. The van der Waals surface area contributed by atoms with E-state index in [0.29, 0.717) is 46.1 Å². The minimum absolute atomic E-state index is 0.348. The first-order valence-electron chi connectivity index (χ1n) is 7.07. The van der Waals surface area contributed by atoms with Crippen LogP contribution in [-0.2, 0) is 0 Å². The van der Waals surface area contributed by atoms with Crippen LogP contribution in [0.5, 0.6) is 11.5 Å². The van der Waals surface area contributed by atoms with Crippen molar-refractivity contribution in [3.05, 3.63) is 45.9 Å². The van der Waals surface area contributed by atoms with E-state index < -0.39 is 0 Å².